The zero-order chi connectivity index (χ0) is 24.9. The quantitative estimate of drug-likeness (QED) is 0.220. The third kappa shape index (κ3) is 8.49. The lowest BCUT2D eigenvalue weighted by Gasteiger charge is -2.29. The van der Waals surface area contributed by atoms with Crippen LogP contribution in [-0.2, 0) is 11.2 Å². The van der Waals surface area contributed by atoms with Gasteiger partial charge in [-0.3, -0.25) is 9.79 Å². The van der Waals surface area contributed by atoms with Crippen LogP contribution < -0.4 is 16.2 Å². The average Bonchev–Trinajstić information content (AvgIpc) is 2.89. The monoisotopic (exact) mass is 472 g/mol. The number of unbranched alkanes of at least 4 members (excludes halogenated alkanes) is 1. The van der Waals surface area contributed by atoms with E-state index in [0.29, 0.717) is 26.1 Å². The average molecular weight is 473 g/mol. The van der Waals surface area contributed by atoms with Gasteiger partial charge in [0.2, 0.25) is 5.91 Å². The Bertz CT molecular complexity index is 1010. The van der Waals surface area contributed by atoms with Gasteiger partial charge in [0.25, 0.3) is 0 Å². The van der Waals surface area contributed by atoms with Crippen molar-refractivity contribution in [1.82, 2.24) is 4.90 Å². The van der Waals surface area contributed by atoms with E-state index in [2.05, 4.69) is 65.7 Å². The van der Waals surface area contributed by atoms with Crippen LogP contribution in [0.4, 0.5) is 0 Å². The molecule has 184 valence electrons. The molecule has 0 aliphatic rings. The van der Waals surface area contributed by atoms with Crippen molar-refractivity contribution in [3.63, 3.8) is 0 Å². The number of methoxy groups -OCH3 is 1. The Kier molecular flexibility index (Phi) is 10.2. The first-order chi connectivity index (χ1) is 17.1. The molecule has 0 aromatic heterocycles. The summed E-state index contributed by atoms with van der Waals surface area (Å²) in [5.74, 6) is 1.17. The van der Waals surface area contributed by atoms with Crippen molar-refractivity contribution < 1.29 is 9.53 Å². The molecule has 0 saturated heterocycles. The number of rotatable bonds is 13. The van der Waals surface area contributed by atoms with Crippen LogP contribution in [0, 0.1) is 0 Å². The van der Waals surface area contributed by atoms with Crippen LogP contribution in [-0.4, -0.2) is 43.5 Å². The molecule has 0 spiro atoms. The second-order valence-electron chi connectivity index (χ2n) is 8.58. The summed E-state index contributed by atoms with van der Waals surface area (Å²) in [6, 6.07) is 28.8. The summed E-state index contributed by atoms with van der Waals surface area (Å²) in [6.45, 7) is 1.81. The van der Waals surface area contributed by atoms with Crippen LogP contribution >= 0.6 is 0 Å². The predicted octanol–water partition coefficient (Wildman–Crippen LogP) is 4.34. The third-order valence-corrected chi connectivity index (χ3v) is 6.08. The fourth-order valence-electron chi connectivity index (χ4n) is 4.12. The van der Waals surface area contributed by atoms with Gasteiger partial charge in [-0.1, -0.05) is 72.8 Å². The van der Waals surface area contributed by atoms with E-state index >= 15 is 0 Å². The second-order valence-corrected chi connectivity index (χ2v) is 8.58. The molecule has 0 fully saturated rings. The predicted molar refractivity (Wildman–Crippen MR) is 143 cm³/mol. The van der Waals surface area contributed by atoms with Crippen LogP contribution in [0.15, 0.2) is 89.9 Å². The molecule has 1 amide bonds. The normalized spacial score (nSPS) is 10.7. The maximum atomic E-state index is 13.4. The number of carbonyl (C=O) groups is 1. The van der Waals surface area contributed by atoms with Crippen molar-refractivity contribution >= 4 is 11.9 Å². The molecule has 0 saturated carbocycles. The molecule has 0 heterocycles. The van der Waals surface area contributed by atoms with Crippen LogP contribution in [0.1, 0.15) is 41.9 Å². The van der Waals surface area contributed by atoms with Crippen molar-refractivity contribution in [2.75, 3.05) is 26.7 Å². The molecule has 0 radical (unpaired) electrons. The molecule has 0 aliphatic heterocycles. The molecule has 3 rings (SSSR count). The van der Waals surface area contributed by atoms with E-state index in [1.54, 1.807) is 7.11 Å². The Morgan fingerprint density at radius 3 is 2.03 bits per heavy atom. The summed E-state index contributed by atoms with van der Waals surface area (Å²) in [7, 11) is 1.66. The zero-order valence-electron chi connectivity index (χ0n) is 20.5. The van der Waals surface area contributed by atoms with E-state index in [0.717, 1.165) is 25.0 Å². The summed E-state index contributed by atoms with van der Waals surface area (Å²) in [5.41, 5.74) is 14.4. The molecule has 3 aromatic carbocycles. The van der Waals surface area contributed by atoms with Gasteiger partial charge < -0.3 is 21.1 Å². The molecule has 35 heavy (non-hydrogen) atoms. The minimum absolute atomic E-state index is 0.0889. The minimum atomic E-state index is 0.0889. The Labute approximate surface area is 208 Å². The Hall–Kier alpha value is -3.80. The summed E-state index contributed by atoms with van der Waals surface area (Å²) >= 11 is 0. The van der Waals surface area contributed by atoms with Crippen molar-refractivity contribution in [3.8, 4) is 5.75 Å². The van der Waals surface area contributed by atoms with Crippen LogP contribution in [0.3, 0.4) is 0 Å². The van der Waals surface area contributed by atoms with E-state index in [9.17, 15) is 4.79 Å². The molecular weight excluding hydrogens is 436 g/mol. The van der Waals surface area contributed by atoms with Crippen LogP contribution in [0.5, 0.6) is 5.75 Å². The molecule has 6 nitrogen and oxygen atoms in total. The van der Waals surface area contributed by atoms with E-state index in [4.69, 9.17) is 16.2 Å². The van der Waals surface area contributed by atoms with Gasteiger partial charge in [0.15, 0.2) is 5.96 Å². The van der Waals surface area contributed by atoms with E-state index in [1.807, 2.05) is 29.2 Å². The minimum Gasteiger partial charge on any atom is -0.497 e. The lowest BCUT2D eigenvalue weighted by Crippen LogP contribution is -2.36. The van der Waals surface area contributed by atoms with Gasteiger partial charge >= 0.3 is 0 Å². The van der Waals surface area contributed by atoms with Crippen molar-refractivity contribution in [3.05, 3.63) is 102 Å². The van der Waals surface area contributed by atoms with Gasteiger partial charge in [0.1, 0.15) is 5.75 Å². The number of nitrogens with two attached hydrogens (primary N) is 2. The molecule has 4 N–H and O–H groups in total. The summed E-state index contributed by atoms with van der Waals surface area (Å²) in [5, 5.41) is 0. The second kappa shape index (κ2) is 13.8. The van der Waals surface area contributed by atoms with Gasteiger partial charge in [-0.15, -0.1) is 0 Å². The standard InChI is InChI=1S/C29H36N4O2/c1-35-26-17-15-23(16-18-26)19-21-33(28(34)14-8-9-20-32-29(30)31)22-27(24-10-4-2-5-11-24)25-12-6-3-7-13-25/h2-7,10-13,15-18,27H,8-9,14,19-22H2,1H3,(H4,30,31,32). The van der Waals surface area contributed by atoms with Gasteiger partial charge in [0.05, 0.1) is 7.11 Å². The highest BCUT2D eigenvalue weighted by molar-refractivity contribution is 5.76. The van der Waals surface area contributed by atoms with Crippen LogP contribution in [0.25, 0.3) is 0 Å². The SMILES string of the molecule is COc1ccc(CCN(CC(c2ccccc2)c2ccccc2)C(=O)CCCCN=C(N)N)cc1. The maximum Gasteiger partial charge on any atom is 0.222 e. The molecule has 3 aromatic rings. The molecule has 6 heteroatoms. The molecule has 0 aliphatic carbocycles. The van der Waals surface area contributed by atoms with Gasteiger partial charge in [0, 0.05) is 32.0 Å². The summed E-state index contributed by atoms with van der Waals surface area (Å²) in [4.78, 5) is 19.4. The Morgan fingerprint density at radius 2 is 1.49 bits per heavy atom. The number of nitrogens with zero attached hydrogens (tertiary/aromatic N) is 2. The Morgan fingerprint density at radius 1 is 0.886 bits per heavy atom. The molecule has 0 bridgehead atoms. The fourth-order valence-corrected chi connectivity index (χ4v) is 4.12. The highest BCUT2D eigenvalue weighted by Crippen LogP contribution is 2.26. The zero-order valence-corrected chi connectivity index (χ0v) is 20.5. The van der Waals surface area contributed by atoms with E-state index in [-0.39, 0.29) is 17.8 Å². The number of hydrogen-bond acceptors (Lipinski definition) is 3. The van der Waals surface area contributed by atoms with Crippen molar-refractivity contribution in [2.24, 2.45) is 16.5 Å². The number of hydrogen-bond donors (Lipinski definition) is 2. The highest BCUT2D eigenvalue weighted by Gasteiger charge is 2.21. The number of amides is 1. The number of benzene rings is 3. The van der Waals surface area contributed by atoms with Crippen molar-refractivity contribution in [2.45, 2.75) is 31.6 Å². The smallest absolute Gasteiger partial charge is 0.222 e. The first kappa shape index (κ1) is 25.8. The summed E-state index contributed by atoms with van der Waals surface area (Å²) in [6.07, 6.45) is 2.77. The largest absolute Gasteiger partial charge is 0.497 e. The third-order valence-electron chi connectivity index (χ3n) is 6.08. The van der Waals surface area contributed by atoms with E-state index in [1.165, 1.54) is 16.7 Å². The fraction of sp³-hybridized carbons (Fsp3) is 0.310. The summed E-state index contributed by atoms with van der Waals surface area (Å²) < 4.78 is 5.27. The maximum absolute atomic E-state index is 13.4. The Balaban J connectivity index is 1.76. The molecule has 0 atom stereocenters. The van der Waals surface area contributed by atoms with Crippen LogP contribution in [0.2, 0.25) is 0 Å². The van der Waals surface area contributed by atoms with E-state index < -0.39 is 0 Å². The number of aliphatic imine (C=N–C) groups is 1. The molecule has 0 unspecified atom stereocenters. The lowest BCUT2D eigenvalue weighted by molar-refractivity contribution is -0.131. The molecular formula is C29H36N4O2. The van der Waals surface area contributed by atoms with Gasteiger partial charge in [-0.2, -0.15) is 0 Å². The van der Waals surface area contributed by atoms with Gasteiger partial charge in [-0.05, 0) is 48.1 Å². The van der Waals surface area contributed by atoms with Gasteiger partial charge in [-0.25, -0.2) is 0 Å². The number of ether oxygens (including phenoxy) is 1. The van der Waals surface area contributed by atoms with Crippen molar-refractivity contribution in [1.29, 1.82) is 0 Å². The first-order valence-electron chi connectivity index (χ1n) is 12.1. The topological polar surface area (TPSA) is 93.9 Å². The first-order valence-corrected chi connectivity index (χ1v) is 12.1. The number of guanidine groups is 1. The number of carbonyl (C=O) groups excluding carboxylic acids is 1. The highest BCUT2D eigenvalue weighted by atomic mass is 16.5. The lowest BCUT2D eigenvalue weighted by atomic mass is 9.90.